The van der Waals surface area contributed by atoms with Crippen molar-refractivity contribution < 1.29 is 4.79 Å². The Kier molecular flexibility index (Phi) is 5.17. The Bertz CT molecular complexity index is 185. The molecule has 0 rings (SSSR count). The van der Waals surface area contributed by atoms with Crippen LogP contribution in [-0.2, 0) is 4.79 Å². The largest absolute Gasteiger partial charge is 0.345 e. The van der Waals surface area contributed by atoms with E-state index in [1.54, 1.807) is 0 Å². The normalized spacial score (nSPS) is 11.9. The Hall–Kier alpha value is -0.530. The fourth-order valence-corrected chi connectivity index (χ4v) is 2.06. The molecule has 0 atom stereocenters. The summed E-state index contributed by atoms with van der Waals surface area (Å²) in [5.74, 6) is 0.844. The lowest BCUT2D eigenvalue weighted by molar-refractivity contribution is -0.139. The lowest BCUT2D eigenvalue weighted by atomic mass is 9.82. The van der Waals surface area contributed by atoms with Gasteiger partial charge in [0.25, 0.3) is 0 Å². The van der Waals surface area contributed by atoms with Crippen LogP contribution in [0.5, 0.6) is 0 Å². The smallest absolute Gasteiger partial charge is 0.227 e. The number of rotatable bonds is 5. The van der Waals surface area contributed by atoms with Crippen molar-refractivity contribution in [2.45, 2.75) is 47.5 Å². The van der Waals surface area contributed by atoms with Crippen molar-refractivity contribution in [2.75, 3.05) is 13.6 Å². The van der Waals surface area contributed by atoms with E-state index in [4.69, 9.17) is 0 Å². The van der Waals surface area contributed by atoms with E-state index in [-0.39, 0.29) is 11.3 Å². The summed E-state index contributed by atoms with van der Waals surface area (Å²) in [5.41, 5.74) is -0.210. The molecule has 0 bridgehead atoms. The second-order valence-corrected chi connectivity index (χ2v) is 5.21. The van der Waals surface area contributed by atoms with Crippen LogP contribution in [0.4, 0.5) is 0 Å². The molecule has 0 saturated carbocycles. The summed E-state index contributed by atoms with van der Waals surface area (Å²) in [5, 5.41) is 0. The van der Waals surface area contributed by atoms with Crippen LogP contribution in [0.1, 0.15) is 47.5 Å². The molecule has 2 heteroatoms. The molecule has 0 aliphatic carbocycles. The zero-order chi connectivity index (χ0) is 11.4. The van der Waals surface area contributed by atoms with Crippen LogP contribution in [0.3, 0.4) is 0 Å². The van der Waals surface area contributed by atoms with Crippen molar-refractivity contribution in [3.05, 3.63) is 0 Å². The van der Waals surface area contributed by atoms with Gasteiger partial charge in [0.05, 0.1) is 0 Å². The molecule has 0 aromatic heterocycles. The van der Waals surface area contributed by atoms with Crippen molar-refractivity contribution in [3.63, 3.8) is 0 Å². The average Bonchev–Trinajstić information content (AvgIpc) is 2.01. The Morgan fingerprint density at radius 2 is 1.86 bits per heavy atom. The molecule has 0 saturated heterocycles. The predicted octanol–water partition coefficient (Wildman–Crippen LogP) is 2.93. The Labute approximate surface area is 88.7 Å². The molecule has 0 aliphatic heterocycles. The molecule has 2 nitrogen and oxygen atoms in total. The zero-order valence-electron chi connectivity index (χ0n) is 10.6. The van der Waals surface area contributed by atoms with E-state index in [1.165, 1.54) is 0 Å². The van der Waals surface area contributed by atoms with Gasteiger partial charge in [0.2, 0.25) is 5.91 Å². The van der Waals surface area contributed by atoms with Crippen LogP contribution < -0.4 is 0 Å². The third kappa shape index (κ3) is 4.12. The number of carbonyl (C=O) groups is 1. The maximum Gasteiger partial charge on any atom is 0.227 e. The van der Waals surface area contributed by atoms with Gasteiger partial charge in [-0.15, -0.1) is 0 Å². The molecule has 1 amide bonds. The van der Waals surface area contributed by atoms with E-state index in [0.29, 0.717) is 5.92 Å². The second kappa shape index (κ2) is 5.38. The molecule has 0 radical (unpaired) electrons. The highest BCUT2D eigenvalue weighted by Gasteiger charge is 2.30. The van der Waals surface area contributed by atoms with Crippen LogP contribution >= 0.6 is 0 Å². The molecule has 0 spiro atoms. The first kappa shape index (κ1) is 13.5. The molecule has 0 aliphatic rings. The highest BCUT2D eigenvalue weighted by atomic mass is 16.2. The molecule has 14 heavy (non-hydrogen) atoms. The van der Waals surface area contributed by atoms with Crippen LogP contribution in [0.2, 0.25) is 0 Å². The van der Waals surface area contributed by atoms with E-state index in [0.717, 1.165) is 19.4 Å². The van der Waals surface area contributed by atoms with Gasteiger partial charge >= 0.3 is 0 Å². The Morgan fingerprint density at radius 1 is 1.36 bits per heavy atom. The summed E-state index contributed by atoms with van der Waals surface area (Å²) in [7, 11) is 1.90. The number of amides is 1. The minimum Gasteiger partial charge on any atom is -0.345 e. The highest BCUT2D eigenvalue weighted by Crippen LogP contribution is 2.27. The summed E-state index contributed by atoms with van der Waals surface area (Å²) in [6.07, 6.45) is 1.99. The summed E-state index contributed by atoms with van der Waals surface area (Å²) in [6, 6.07) is 0. The fraction of sp³-hybridized carbons (Fsp3) is 0.917. The van der Waals surface area contributed by atoms with Crippen molar-refractivity contribution >= 4 is 5.91 Å². The standard InChI is InChI=1S/C12H25NO/c1-7-8-13(6)11(14)12(4,5)9-10(2)3/h10H,7-9H2,1-6H3. The molecule has 0 aromatic carbocycles. The molecular formula is C12H25NO. The van der Waals surface area contributed by atoms with E-state index in [1.807, 2.05) is 25.8 Å². The number of hydrogen-bond donors (Lipinski definition) is 0. The zero-order valence-corrected chi connectivity index (χ0v) is 10.6. The van der Waals surface area contributed by atoms with Crippen molar-refractivity contribution in [3.8, 4) is 0 Å². The van der Waals surface area contributed by atoms with Gasteiger partial charge in [0, 0.05) is 19.0 Å². The second-order valence-electron chi connectivity index (χ2n) is 5.21. The fourth-order valence-electron chi connectivity index (χ4n) is 2.06. The summed E-state index contributed by atoms with van der Waals surface area (Å²) in [6.45, 7) is 11.4. The first-order chi connectivity index (χ1) is 6.31. The predicted molar refractivity (Wildman–Crippen MR) is 61.2 cm³/mol. The van der Waals surface area contributed by atoms with Gasteiger partial charge in [-0.25, -0.2) is 0 Å². The van der Waals surface area contributed by atoms with Gasteiger partial charge in [-0.1, -0.05) is 34.6 Å². The lowest BCUT2D eigenvalue weighted by Gasteiger charge is -2.30. The van der Waals surface area contributed by atoms with Gasteiger partial charge in [-0.3, -0.25) is 4.79 Å². The Balaban J connectivity index is 4.33. The van der Waals surface area contributed by atoms with Gasteiger partial charge < -0.3 is 4.90 Å². The maximum absolute atomic E-state index is 12.0. The SMILES string of the molecule is CCCN(C)C(=O)C(C)(C)CC(C)C. The van der Waals surface area contributed by atoms with Crippen molar-refractivity contribution in [1.29, 1.82) is 0 Å². The van der Waals surface area contributed by atoms with Crippen LogP contribution in [0.25, 0.3) is 0 Å². The minimum atomic E-state index is -0.210. The number of nitrogens with zero attached hydrogens (tertiary/aromatic N) is 1. The van der Waals surface area contributed by atoms with Crippen LogP contribution in [0, 0.1) is 11.3 Å². The van der Waals surface area contributed by atoms with Gasteiger partial charge in [-0.05, 0) is 18.8 Å². The summed E-state index contributed by atoms with van der Waals surface area (Å²) >= 11 is 0. The maximum atomic E-state index is 12.0. The summed E-state index contributed by atoms with van der Waals surface area (Å²) < 4.78 is 0. The summed E-state index contributed by atoms with van der Waals surface area (Å²) in [4.78, 5) is 13.9. The number of carbonyl (C=O) groups excluding carboxylic acids is 1. The van der Waals surface area contributed by atoms with E-state index in [9.17, 15) is 4.79 Å². The third-order valence-electron chi connectivity index (χ3n) is 2.40. The molecule has 0 heterocycles. The molecule has 0 N–H and O–H groups in total. The average molecular weight is 199 g/mol. The van der Waals surface area contributed by atoms with Gasteiger partial charge in [-0.2, -0.15) is 0 Å². The molecule has 0 unspecified atom stereocenters. The Morgan fingerprint density at radius 3 is 2.21 bits per heavy atom. The highest BCUT2D eigenvalue weighted by molar-refractivity contribution is 5.81. The van der Waals surface area contributed by atoms with E-state index < -0.39 is 0 Å². The van der Waals surface area contributed by atoms with E-state index in [2.05, 4.69) is 20.8 Å². The lowest BCUT2D eigenvalue weighted by Crippen LogP contribution is -2.39. The molecule has 84 valence electrons. The molecular weight excluding hydrogens is 174 g/mol. The van der Waals surface area contributed by atoms with Crippen LogP contribution in [-0.4, -0.2) is 24.4 Å². The van der Waals surface area contributed by atoms with Gasteiger partial charge in [0.15, 0.2) is 0 Å². The third-order valence-corrected chi connectivity index (χ3v) is 2.40. The minimum absolute atomic E-state index is 0.210. The monoisotopic (exact) mass is 199 g/mol. The van der Waals surface area contributed by atoms with Crippen molar-refractivity contribution in [1.82, 2.24) is 4.90 Å². The molecule has 0 aromatic rings. The first-order valence-corrected chi connectivity index (χ1v) is 5.56. The van der Waals surface area contributed by atoms with Gasteiger partial charge in [0.1, 0.15) is 0 Å². The quantitative estimate of drug-likeness (QED) is 0.666. The first-order valence-electron chi connectivity index (χ1n) is 5.56. The molecule has 0 fully saturated rings. The number of hydrogen-bond acceptors (Lipinski definition) is 1. The topological polar surface area (TPSA) is 20.3 Å². The van der Waals surface area contributed by atoms with E-state index >= 15 is 0 Å². The van der Waals surface area contributed by atoms with Crippen molar-refractivity contribution in [2.24, 2.45) is 11.3 Å². The van der Waals surface area contributed by atoms with Crippen LogP contribution in [0.15, 0.2) is 0 Å².